The monoisotopic (exact) mass is 227 g/mol. The molecule has 1 rings (SSSR count). The molecule has 3 heteroatoms. The number of hydrogen-bond acceptors (Lipinski definition) is 3. The Bertz CT molecular complexity index is 207. The third kappa shape index (κ3) is 3.72. The first-order chi connectivity index (χ1) is 7.50. The highest BCUT2D eigenvalue weighted by Gasteiger charge is 2.29. The predicted octanol–water partition coefficient (Wildman–Crippen LogP) is 1.39. The maximum atomic E-state index is 5.95. The van der Waals surface area contributed by atoms with E-state index < -0.39 is 0 Å². The maximum Gasteiger partial charge on any atom is 0.0195 e. The van der Waals surface area contributed by atoms with Gasteiger partial charge < -0.3 is 10.6 Å². The van der Waals surface area contributed by atoms with Crippen molar-refractivity contribution in [3.63, 3.8) is 0 Å². The molecule has 2 atom stereocenters. The molecule has 1 heterocycles. The molecule has 0 aromatic rings. The second-order valence-corrected chi connectivity index (χ2v) is 5.85. The van der Waals surface area contributed by atoms with Crippen molar-refractivity contribution < 1.29 is 0 Å². The van der Waals surface area contributed by atoms with Gasteiger partial charge in [-0.25, -0.2) is 0 Å². The third-order valence-corrected chi connectivity index (χ3v) is 3.90. The molecule has 1 saturated heterocycles. The van der Waals surface area contributed by atoms with E-state index in [1.54, 1.807) is 0 Å². The van der Waals surface area contributed by atoms with Crippen molar-refractivity contribution in [2.75, 3.05) is 39.8 Å². The van der Waals surface area contributed by atoms with Crippen molar-refractivity contribution >= 4 is 0 Å². The summed E-state index contributed by atoms with van der Waals surface area (Å²) in [6.07, 6.45) is 2.47. The Hall–Kier alpha value is -0.120. The molecule has 0 aromatic carbocycles. The molecule has 96 valence electrons. The predicted molar refractivity (Wildman–Crippen MR) is 70.6 cm³/mol. The molecule has 1 fully saturated rings. The number of nitrogens with two attached hydrogens (primary N) is 1. The molecule has 0 bridgehead atoms. The number of nitrogens with zero attached hydrogens (tertiary/aromatic N) is 2. The van der Waals surface area contributed by atoms with Crippen LogP contribution in [0.25, 0.3) is 0 Å². The number of likely N-dealkylation sites (N-methyl/N-ethyl adjacent to an activating group) is 1. The molecule has 1 aliphatic rings. The van der Waals surface area contributed by atoms with Crippen molar-refractivity contribution in [2.24, 2.45) is 11.1 Å². The van der Waals surface area contributed by atoms with Crippen molar-refractivity contribution in [2.45, 2.75) is 39.7 Å². The minimum atomic E-state index is 0.304. The summed E-state index contributed by atoms with van der Waals surface area (Å²) < 4.78 is 0. The lowest BCUT2D eigenvalue weighted by atomic mass is 9.84. The summed E-state index contributed by atoms with van der Waals surface area (Å²) in [6.45, 7) is 12.5. The van der Waals surface area contributed by atoms with E-state index in [-0.39, 0.29) is 0 Å². The van der Waals surface area contributed by atoms with Gasteiger partial charge in [-0.1, -0.05) is 20.3 Å². The number of rotatable bonds is 5. The van der Waals surface area contributed by atoms with Gasteiger partial charge in [0.15, 0.2) is 0 Å². The van der Waals surface area contributed by atoms with Gasteiger partial charge in [-0.3, -0.25) is 4.90 Å². The van der Waals surface area contributed by atoms with E-state index in [2.05, 4.69) is 37.6 Å². The van der Waals surface area contributed by atoms with E-state index in [1.165, 1.54) is 32.5 Å². The number of piperazine rings is 1. The summed E-state index contributed by atoms with van der Waals surface area (Å²) >= 11 is 0. The lowest BCUT2D eigenvalue weighted by Gasteiger charge is -2.43. The summed E-state index contributed by atoms with van der Waals surface area (Å²) in [5.74, 6) is 0. The summed E-state index contributed by atoms with van der Waals surface area (Å²) in [5, 5.41) is 0. The summed E-state index contributed by atoms with van der Waals surface area (Å²) in [6, 6.07) is 0.668. The van der Waals surface area contributed by atoms with Crippen LogP contribution in [0.5, 0.6) is 0 Å². The van der Waals surface area contributed by atoms with E-state index in [4.69, 9.17) is 5.73 Å². The van der Waals surface area contributed by atoms with Gasteiger partial charge >= 0.3 is 0 Å². The SMILES string of the molecule is CCCC(C)(CN)CN1CCN(C)CC1C. The smallest absolute Gasteiger partial charge is 0.0195 e. The van der Waals surface area contributed by atoms with Gasteiger partial charge in [0, 0.05) is 32.2 Å². The van der Waals surface area contributed by atoms with Gasteiger partial charge in [0.2, 0.25) is 0 Å². The first-order valence-electron chi connectivity index (χ1n) is 6.63. The molecule has 0 radical (unpaired) electrons. The van der Waals surface area contributed by atoms with Crippen molar-refractivity contribution in [1.29, 1.82) is 0 Å². The standard InChI is InChI=1S/C13H29N3/c1-5-6-13(3,10-14)11-16-8-7-15(4)9-12(16)2/h12H,5-11,14H2,1-4H3. The van der Waals surface area contributed by atoms with Crippen molar-refractivity contribution in [3.05, 3.63) is 0 Å². The van der Waals surface area contributed by atoms with E-state index in [9.17, 15) is 0 Å². The van der Waals surface area contributed by atoms with E-state index >= 15 is 0 Å². The van der Waals surface area contributed by atoms with Gasteiger partial charge in [-0.05, 0) is 32.4 Å². The van der Waals surface area contributed by atoms with Crippen LogP contribution < -0.4 is 5.73 Å². The van der Waals surface area contributed by atoms with Crippen LogP contribution in [0, 0.1) is 5.41 Å². The molecule has 3 nitrogen and oxygen atoms in total. The quantitative estimate of drug-likeness (QED) is 0.770. The topological polar surface area (TPSA) is 32.5 Å². The zero-order chi connectivity index (χ0) is 12.2. The first kappa shape index (κ1) is 13.9. The highest BCUT2D eigenvalue weighted by atomic mass is 15.3. The third-order valence-electron chi connectivity index (χ3n) is 3.90. The van der Waals surface area contributed by atoms with Crippen molar-refractivity contribution in [3.8, 4) is 0 Å². The van der Waals surface area contributed by atoms with E-state index in [0.717, 1.165) is 13.1 Å². The Morgan fingerprint density at radius 3 is 2.56 bits per heavy atom. The highest BCUT2D eigenvalue weighted by molar-refractivity contribution is 4.85. The summed E-state index contributed by atoms with van der Waals surface area (Å²) in [7, 11) is 2.21. The molecule has 2 N–H and O–H groups in total. The van der Waals surface area contributed by atoms with Crippen LogP contribution >= 0.6 is 0 Å². The second-order valence-electron chi connectivity index (χ2n) is 5.85. The van der Waals surface area contributed by atoms with Gasteiger partial charge in [0.05, 0.1) is 0 Å². The van der Waals surface area contributed by atoms with Gasteiger partial charge in [0.25, 0.3) is 0 Å². The summed E-state index contributed by atoms with van der Waals surface area (Å²) in [5.41, 5.74) is 6.25. The van der Waals surface area contributed by atoms with Crippen LogP contribution in [-0.2, 0) is 0 Å². The molecule has 0 saturated carbocycles. The minimum absolute atomic E-state index is 0.304. The fourth-order valence-corrected chi connectivity index (χ4v) is 2.75. The van der Waals surface area contributed by atoms with Crippen LogP contribution in [0.4, 0.5) is 0 Å². The summed E-state index contributed by atoms with van der Waals surface area (Å²) in [4.78, 5) is 5.03. The van der Waals surface area contributed by atoms with E-state index in [0.29, 0.717) is 11.5 Å². The Labute approximate surface area is 101 Å². The van der Waals surface area contributed by atoms with Crippen LogP contribution in [0.1, 0.15) is 33.6 Å². The van der Waals surface area contributed by atoms with Gasteiger partial charge in [0.1, 0.15) is 0 Å². The molecular weight excluding hydrogens is 198 g/mol. The van der Waals surface area contributed by atoms with Gasteiger partial charge in [-0.15, -0.1) is 0 Å². The van der Waals surface area contributed by atoms with Crippen molar-refractivity contribution in [1.82, 2.24) is 9.80 Å². The number of hydrogen-bond donors (Lipinski definition) is 1. The largest absolute Gasteiger partial charge is 0.330 e. The molecule has 0 spiro atoms. The lowest BCUT2D eigenvalue weighted by molar-refractivity contribution is 0.0590. The molecule has 2 unspecified atom stereocenters. The molecule has 16 heavy (non-hydrogen) atoms. The molecule has 0 aliphatic carbocycles. The van der Waals surface area contributed by atoms with Crippen LogP contribution in [-0.4, -0.2) is 55.6 Å². The minimum Gasteiger partial charge on any atom is -0.330 e. The van der Waals surface area contributed by atoms with Gasteiger partial charge in [-0.2, -0.15) is 0 Å². The molecule has 0 aromatic heterocycles. The average Bonchev–Trinajstić information content (AvgIpc) is 2.23. The maximum absolute atomic E-state index is 5.95. The fourth-order valence-electron chi connectivity index (χ4n) is 2.75. The normalized spacial score (nSPS) is 27.9. The Morgan fingerprint density at radius 1 is 1.38 bits per heavy atom. The first-order valence-corrected chi connectivity index (χ1v) is 6.63. The Balaban J connectivity index is 2.51. The second kappa shape index (κ2) is 5.99. The zero-order valence-electron chi connectivity index (χ0n) is 11.5. The Morgan fingerprint density at radius 2 is 2.06 bits per heavy atom. The highest BCUT2D eigenvalue weighted by Crippen LogP contribution is 2.25. The van der Waals surface area contributed by atoms with Crippen LogP contribution in [0.15, 0.2) is 0 Å². The fraction of sp³-hybridized carbons (Fsp3) is 1.00. The molecule has 1 aliphatic heterocycles. The molecule has 0 amide bonds. The molecular formula is C13H29N3. The lowest BCUT2D eigenvalue weighted by Crippen LogP contribution is -2.54. The Kier molecular flexibility index (Phi) is 5.22. The zero-order valence-corrected chi connectivity index (χ0v) is 11.5. The average molecular weight is 227 g/mol. The van der Waals surface area contributed by atoms with E-state index in [1.807, 2.05) is 0 Å². The van der Waals surface area contributed by atoms with Crippen LogP contribution in [0.2, 0.25) is 0 Å². The van der Waals surface area contributed by atoms with Crippen LogP contribution in [0.3, 0.4) is 0 Å².